The molecule has 1 aliphatic heterocycles. The van der Waals surface area contributed by atoms with Gasteiger partial charge in [0.2, 0.25) is 5.89 Å². The molecule has 1 atom stereocenters. The van der Waals surface area contributed by atoms with Gasteiger partial charge in [0.25, 0.3) is 0 Å². The highest BCUT2D eigenvalue weighted by atomic mass is 35.5. The summed E-state index contributed by atoms with van der Waals surface area (Å²) in [6, 6.07) is 7.64. The quantitative estimate of drug-likeness (QED) is 0.902. The SMILES string of the molecule is Cc1ccccc1Cc1nc(CN2CCCC2C(=O)O)no1.Cl. The van der Waals surface area contributed by atoms with Crippen LogP contribution in [0.4, 0.5) is 0 Å². The van der Waals surface area contributed by atoms with Gasteiger partial charge in [-0.2, -0.15) is 4.98 Å². The number of aryl methyl sites for hydroxylation is 1. The number of hydrogen-bond acceptors (Lipinski definition) is 5. The van der Waals surface area contributed by atoms with Crippen molar-refractivity contribution in [2.24, 2.45) is 0 Å². The third-order valence-electron chi connectivity index (χ3n) is 4.11. The molecule has 0 amide bonds. The molecule has 2 aromatic rings. The van der Waals surface area contributed by atoms with Crippen molar-refractivity contribution < 1.29 is 14.4 Å². The maximum atomic E-state index is 11.2. The standard InChI is InChI=1S/C16H19N3O3.ClH/c1-11-5-2-3-6-12(11)9-15-17-14(18-22-15)10-19-8-4-7-13(19)16(20)21;/h2-3,5-6,13H,4,7-10H2,1H3,(H,20,21);1H. The molecule has 1 saturated heterocycles. The number of hydrogen-bond donors (Lipinski definition) is 1. The van der Waals surface area contributed by atoms with Crippen molar-refractivity contribution in [3.05, 3.63) is 47.1 Å². The van der Waals surface area contributed by atoms with E-state index in [2.05, 4.69) is 10.1 Å². The van der Waals surface area contributed by atoms with Crippen molar-refractivity contribution >= 4 is 18.4 Å². The Morgan fingerprint density at radius 2 is 2.22 bits per heavy atom. The van der Waals surface area contributed by atoms with E-state index in [0.29, 0.717) is 31.1 Å². The van der Waals surface area contributed by atoms with Crippen LogP contribution in [0.2, 0.25) is 0 Å². The Morgan fingerprint density at radius 3 is 2.96 bits per heavy atom. The summed E-state index contributed by atoms with van der Waals surface area (Å²) in [5.74, 6) is 0.341. The van der Waals surface area contributed by atoms with E-state index in [1.54, 1.807) is 0 Å². The van der Waals surface area contributed by atoms with E-state index in [9.17, 15) is 9.90 Å². The van der Waals surface area contributed by atoms with E-state index in [1.807, 2.05) is 36.1 Å². The van der Waals surface area contributed by atoms with Gasteiger partial charge in [0.1, 0.15) is 6.04 Å². The van der Waals surface area contributed by atoms with Crippen molar-refractivity contribution in [3.8, 4) is 0 Å². The first-order valence-corrected chi connectivity index (χ1v) is 7.46. The Hall–Kier alpha value is -1.92. The summed E-state index contributed by atoms with van der Waals surface area (Å²) >= 11 is 0. The molecule has 1 fully saturated rings. The van der Waals surface area contributed by atoms with Crippen molar-refractivity contribution in [1.29, 1.82) is 0 Å². The maximum Gasteiger partial charge on any atom is 0.320 e. The zero-order valence-corrected chi connectivity index (χ0v) is 13.8. The molecule has 7 heteroatoms. The predicted molar refractivity (Wildman–Crippen MR) is 86.6 cm³/mol. The van der Waals surface area contributed by atoms with Crippen LogP contribution in [0.15, 0.2) is 28.8 Å². The molecule has 0 saturated carbocycles. The number of benzene rings is 1. The van der Waals surface area contributed by atoms with Gasteiger partial charge < -0.3 is 9.63 Å². The molecule has 0 radical (unpaired) electrons. The van der Waals surface area contributed by atoms with Gasteiger partial charge in [-0.15, -0.1) is 12.4 Å². The fraction of sp³-hybridized carbons (Fsp3) is 0.438. The van der Waals surface area contributed by atoms with Gasteiger partial charge in [-0.25, -0.2) is 0 Å². The minimum atomic E-state index is -0.777. The molecule has 1 unspecified atom stereocenters. The molecule has 0 bridgehead atoms. The molecule has 6 nitrogen and oxygen atoms in total. The molecule has 23 heavy (non-hydrogen) atoms. The molecule has 3 rings (SSSR count). The summed E-state index contributed by atoms with van der Waals surface area (Å²) in [6.07, 6.45) is 2.18. The van der Waals surface area contributed by atoms with Crippen molar-refractivity contribution in [2.45, 2.75) is 38.8 Å². The Bertz CT molecular complexity index is 674. The molecule has 124 valence electrons. The molecule has 1 aliphatic rings. The summed E-state index contributed by atoms with van der Waals surface area (Å²) in [5.41, 5.74) is 2.34. The Morgan fingerprint density at radius 1 is 1.43 bits per heavy atom. The van der Waals surface area contributed by atoms with Crippen LogP contribution < -0.4 is 0 Å². The van der Waals surface area contributed by atoms with Crippen molar-refractivity contribution in [3.63, 3.8) is 0 Å². The summed E-state index contributed by atoms with van der Waals surface area (Å²) in [6.45, 7) is 3.24. The lowest BCUT2D eigenvalue weighted by Crippen LogP contribution is -2.35. The first-order valence-electron chi connectivity index (χ1n) is 7.46. The number of halogens is 1. The Balaban J connectivity index is 0.00000192. The molecule has 2 heterocycles. The van der Waals surface area contributed by atoms with Gasteiger partial charge in [-0.3, -0.25) is 9.69 Å². The number of likely N-dealkylation sites (tertiary alicyclic amines) is 1. The lowest BCUT2D eigenvalue weighted by atomic mass is 10.1. The number of nitrogens with zero attached hydrogens (tertiary/aromatic N) is 3. The molecule has 1 N–H and O–H groups in total. The fourth-order valence-corrected chi connectivity index (χ4v) is 2.87. The maximum absolute atomic E-state index is 11.2. The van der Waals surface area contributed by atoms with Crippen molar-refractivity contribution in [1.82, 2.24) is 15.0 Å². The Labute approximate surface area is 140 Å². The third-order valence-corrected chi connectivity index (χ3v) is 4.11. The number of rotatable bonds is 5. The summed E-state index contributed by atoms with van der Waals surface area (Å²) < 4.78 is 5.29. The average molecular weight is 338 g/mol. The monoisotopic (exact) mass is 337 g/mol. The summed E-state index contributed by atoms with van der Waals surface area (Å²) in [4.78, 5) is 17.5. The highest BCUT2D eigenvalue weighted by Gasteiger charge is 2.31. The molecule has 0 spiro atoms. The van der Waals surface area contributed by atoms with E-state index in [1.165, 1.54) is 5.56 Å². The van der Waals surface area contributed by atoms with Gasteiger partial charge in [0, 0.05) is 0 Å². The van der Waals surface area contributed by atoms with Gasteiger partial charge in [-0.1, -0.05) is 29.4 Å². The van der Waals surface area contributed by atoms with Gasteiger partial charge in [-0.05, 0) is 37.4 Å². The van der Waals surface area contributed by atoms with Crippen LogP contribution in [0.5, 0.6) is 0 Å². The van der Waals surface area contributed by atoms with Crippen LogP contribution in [-0.2, 0) is 17.8 Å². The molecular weight excluding hydrogens is 318 g/mol. The minimum Gasteiger partial charge on any atom is -0.480 e. The normalized spacial score (nSPS) is 17.9. The lowest BCUT2D eigenvalue weighted by Gasteiger charge is -2.18. The topological polar surface area (TPSA) is 79.5 Å². The predicted octanol–water partition coefficient (Wildman–Crippen LogP) is 2.44. The molecule has 1 aromatic heterocycles. The average Bonchev–Trinajstić information content (AvgIpc) is 3.11. The zero-order chi connectivity index (χ0) is 15.5. The zero-order valence-electron chi connectivity index (χ0n) is 12.9. The largest absolute Gasteiger partial charge is 0.480 e. The van der Waals surface area contributed by atoms with E-state index >= 15 is 0 Å². The second kappa shape index (κ2) is 7.57. The van der Waals surface area contributed by atoms with Crippen LogP contribution in [0, 0.1) is 6.92 Å². The van der Waals surface area contributed by atoms with Crippen LogP contribution in [-0.4, -0.2) is 38.7 Å². The second-order valence-electron chi connectivity index (χ2n) is 5.67. The van der Waals surface area contributed by atoms with E-state index in [0.717, 1.165) is 18.5 Å². The first-order chi connectivity index (χ1) is 10.6. The highest BCUT2D eigenvalue weighted by molar-refractivity contribution is 5.85. The number of carboxylic acid groups (broad SMARTS) is 1. The number of carbonyl (C=O) groups is 1. The van der Waals surface area contributed by atoms with Gasteiger partial charge >= 0.3 is 5.97 Å². The minimum absolute atomic E-state index is 0. The number of aromatic nitrogens is 2. The van der Waals surface area contributed by atoms with Crippen molar-refractivity contribution in [2.75, 3.05) is 6.54 Å². The Kier molecular flexibility index (Phi) is 5.74. The summed E-state index contributed by atoms with van der Waals surface area (Å²) in [7, 11) is 0. The number of aliphatic carboxylic acids is 1. The smallest absolute Gasteiger partial charge is 0.320 e. The fourth-order valence-electron chi connectivity index (χ4n) is 2.87. The van der Waals surface area contributed by atoms with Crippen LogP contribution in [0.25, 0.3) is 0 Å². The number of carboxylic acids is 1. The molecule has 1 aromatic carbocycles. The van der Waals surface area contributed by atoms with Gasteiger partial charge in [0.05, 0.1) is 13.0 Å². The second-order valence-corrected chi connectivity index (χ2v) is 5.67. The van der Waals surface area contributed by atoms with Crippen LogP contribution in [0.1, 0.15) is 35.7 Å². The molecular formula is C16H20ClN3O3. The summed E-state index contributed by atoms with van der Waals surface area (Å²) in [5, 5.41) is 13.2. The van der Waals surface area contributed by atoms with Crippen LogP contribution in [0.3, 0.4) is 0 Å². The highest BCUT2D eigenvalue weighted by Crippen LogP contribution is 2.20. The third kappa shape index (κ3) is 4.09. The first kappa shape index (κ1) is 17.4. The van der Waals surface area contributed by atoms with Crippen LogP contribution >= 0.6 is 12.4 Å². The van der Waals surface area contributed by atoms with E-state index in [4.69, 9.17) is 4.52 Å². The van der Waals surface area contributed by atoms with E-state index in [-0.39, 0.29) is 12.4 Å². The lowest BCUT2D eigenvalue weighted by molar-refractivity contribution is -0.142. The van der Waals surface area contributed by atoms with E-state index < -0.39 is 12.0 Å². The van der Waals surface area contributed by atoms with Gasteiger partial charge in [0.15, 0.2) is 5.82 Å². The molecule has 0 aliphatic carbocycles.